The predicted molar refractivity (Wildman–Crippen MR) is 84.3 cm³/mol. The zero-order valence-corrected chi connectivity index (χ0v) is 13.6. The van der Waals surface area contributed by atoms with Crippen LogP contribution in [0.3, 0.4) is 0 Å². The summed E-state index contributed by atoms with van der Waals surface area (Å²) in [5.41, 5.74) is -3.19. The zero-order chi connectivity index (χ0) is 16.5. The summed E-state index contributed by atoms with van der Waals surface area (Å²) in [4.78, 5) is 0. The van der Waals surface area contributed by atoms with Crippen molar-refractivity contribution in [2.45, 2.75) is 75.4 Å². The SMILES string of the molecule is CC12C=CCC1[C@@]1(O)CCC3CCC(O)CC3(F)C(F)C1=CC2. The Balaban J connectivity index is 1.77. The highest BCUT2D eigenvalue weighted by molar-refractivity contribution is 5.37. The predicted octanol–water partition coefficient (Wildman–Crippen LogP) is 3.63. The molecule has 2 nitrogen and oxygen atoms in total. The van der Waals surface area contributed by atoms with Crippen molar-refractivity contribution in [1.82, 2.24) is 0 Å². The highest BCUT2D eigenvalue weighted by Gasteiger charge is 2.62. The van der Waals surface area contributed by atoms with Crippen LogP contribution in [0.15, 0.2) is 23.8 Å². The van der Waals surface area contributed by atoms with Gasteiger partial charge in [0.1, 0.15) is 0 Å². The van der Waals surface area contributed by atoms with Crippen LogP contribution in [0.5, 0.6) is 0 Å². The van der Waals surface area contributed by atoms with Crippen LogP contribution in [0, 0.1) is 17.3 Å². The average molecular weight is 324 g/mol. The van der Waals surface area contributed by atoms with Crippen molar-refractivity contribution in [3.63, 3.8) is 0 Å². The molecule has 0 bridgehead atoms. The second-order valence-electron chi connectivity index (χ2n) is 8.44. The van der Waals surface area contributed by atoms with E-state index in [1.807, 2.05) is 0 Å². The molecule has 23 heavy (non-hydrogen) atoms. The number of alkyl halides is 2. The fourth-order valence-electron chi connectivity index (χ4n) is 5.77. The van der Waals surface area contributed by atoms with E-state index in [2.05, 4.69) is 19.1 Å². The molecular weight excluding hydrogens is 298 g/mol. The van der Waals surface area contributed by atoms with Crippen LogP contribution >= 0.6 is 0 Å². The minimum Gasteiger partial charge on any atom is -0.393 e. The van der Waals surface area contributed by atoms with Crippen LogP contribution in [-0.4, -0.2) is 33.8 Å². The van der Waals surface area contributed by atoms with Gasteiger partial charge in [-0.3, -0.25) is 0 Å². The summed E-state index contributed by atoms with van der Waals surface area (Å²) in [5, 5.41) is 21.3. The minimum atomic E-state index is -2.03. The van der Waals surface area contributed by atoms with Crippen molar-refractivity contribution in [2.75, 3.05) is 0 Å². The van der Waals surface area contributed by atoms with Gasteiger partial charge in [-0.15, -0.1) is 0 Å². The summed E-state index contributed by atoms with van der Waals surface area (Å²) >= 11 is 0. The first-order valence-corrected chi connectivity index (χ1v) is 8.91. The molecule has 128 valence electrons. The molecule has 0 aromatic rings. The monoisotopic (exact) mass is 324 g/mol. The van der Waals surface area contributed by atoms with E-state index in [0.717, 1.165) is 6.42 Å². The molecule has 4 heteroatoms. The van der Waals surface area contributed by atoms with Gasteiger partial charge in [-0.1, -0.05) is 25.2 Å². The third-order valence-corrected chi connectivity index (χ3v) is 7.15. The van der Waals surface area contributed by atoms with Crippen molar-refractivity contribution in [3.05, 3.63) is 23.8 Å². The number of hydrogen-bond acceptors (Lipinski definition) is 2. The number of halogens is 2. The fraction of sp³-hybridized carbons (Fsp3) is 0.789. The van der Waals surface area contributed by atoms with E-state index in [0.29, 0.717) is 32.1 Å². The Morgan fingerprint density at radius 1 is 1.26 bits per heavy atom. The van der Waals surface area contributed by atoms with E-state index < -0.39 is 29.5 Å². The quantitative estimate of drug-likeness (QED) is 0.668. The number of aliphatic hydroxyl groups is 2. The molecular formula is C19H26F2O2. The lowest BCUT2D eigenvalue weighted by Crippen LogP contribution is -2.53. The molecule has 0 aromatic heterocycles. The van der Waals surface area contributed by atoms with Crippen LogP contribution in [0.1, 0.15) is 51.9 Å². The Hall–Kier alpha value is -0.740. The maximum Gasteiger partial charge on any atom is 0.158 e. The first-order chi connectivity index (χ1) is 10.8. The number of allylic oxidation sites excluding steroid dienone is 3. The molecule has 0 spiro atoms. The van der Waals surface area contributed by atoms with Crippen molar-refractivity contribution in [2.24, 2.45) is 17.3 Å². The van der Waals surface area contributed by atoms with Crippen LogP contribution in [-0.2, 0) is 0 Å². The van der Waals surface area contributed by atoms with Crippen LogP contribution in [0.2, 0.25) is 0 Å². The molecule has 4 aliphatic rings. The van der Waals surface area contributed by atoms with Gasteiger partial charge in [0.15, 0.2) is 11.8 Å². The summed E-state index contributed by atoms with van der Waals surface area (Å²) in [6, 6.07) is 0. The van der Waals surface area contributed by atoms with Gasteiger partial charge in [-0.25, -0.2) is 8.78 Å². The molecule has 0 saturated heterocycles. The van der Waals surface area contributed by atoms with Crippen molar-refractivity contribution < 1.29 is 19.0 Å². The standard InChI is InChI=1S/C19H26F2O2/c1-17-8-2-3-15(17)19(23)10-6-12-4-5-13(22)11-18(12,21)16(20)14(19)7-9-17/h2,7-8,12-13,15-16,22-23H,3-6,9-11H2,1H3/t12?,13?,15?,16?,17?,18?,19-/m1/s1. The van der Waals surface area contributed by atoms with E-state index >= 15 is 8.78 Å². The van der Waals surface area contributed by atoms with Gasteiger partial charge < -0.3 is 10.2 Å². The van der Waals surface area contributed by atoms with Gasteiger partial charge >= 0.3 is 0 Å². The van der Waals surface area contributed by atoms with E-state index in [1.165, 1.54) is 0 Å². The van der Waals surface area contributed by atoms with Gasteiger partial charge in [0.2, 0.25) is 0 Å². The summed E-state index contributed by atoms with van der Waals surface area (Å²) in [5.74, 6) is -0.473. The molecule has 0 aliphatic heterocycles. The van der Waals surface area contributed by atoms with E-state index in [9.17, 15) is 10.2 Å². The van der Waals surface area contributed by atoms with E-state index in [-0.39, 0.29) is 23.3 Å². The largest absolute Gasteiger partial charge is 0.393 e. The third kappa shape index (κ3) is 2.03. The maximum atomic E-state index is 15.6. The number of aliphatic hydroxyl groups excluding tert-OH is 1. The second kappa shape index (κ2) is 4.89. The van der Waals surface area contributed by atoms with Crippen LogP contribution in [0.25, 0.3) is 0 Å². The smallest absolute Gasteiger partial charge is 0.158 e. The third-order valence-electron chi connectivity index (χ3n) is 7.15. The Morgan fingerprint density at radius 2 is 2.04 bits per heavy atom. The molecule has 4 rings (SSSR count). The molecule has 2 fully saturated rings. The summed E-state index contributed by atoms with van der Waals surface area (Å²) in [6.07, 6.45) is 6.54. The lowest BCUT2D eigenvalue weighted by Gasteiger charge is -2.48. The van der Waals surface area contributed by atoms with Crippen molar-refractivity contribution in [3.8, 4) is 0 Å². The topological polar surface area (TPSA) is 40.5 Å². The number of rotatable bonds is 0. The molecule has 0 amide bonds. The first-order valence-electron chi connectivity index (χ1n) is 8.91. The molecule has 2 saturated carbocycles. The molecule has 7 atom stereocenters. The normalized spacial score (nSPS) is 55.4. The highest BCUT2D eigenvalue weighted by Crippen LogP contribution is 2.59. The highest BCUT2D eigenvalue weighted by atomic mass is 19.2. The molecule has 0 aromatic carbocycles. The molecule has 2 N–H and O–H groups in total. The first kappa shape index (κ1) is 15.8. The van der Waals surface area contributed by atoms with Gasteiger partial charge in [0.25, 0.3) is 0 Å². The number of hydrogen-bond donors (Lipinski definition) is 2. The zero-order valence-electron chi connectivity index (χ0n) is 13.6. The molecule has 6 unspecified atom stereocenters. The lowest BCUT2D eigenvalue weighted by molar-refractivity contribution is -0.0707. The molecule has 4 aliphatic carbocycles. The Bertz CT molecular complexity index is 574. The second-order valence-corrected chi connectivity index (χ2v) is 8.44. The lowest BCUT2D eigenvalue weighted by atomic mass is 9.60. The van der Waals surface area contributed by atoms with Gasteiger partial charge in [-0.2, -0.15) is 0 Å². The van der Waals surface area contributed by atoms with Gasteiger partial charge in [0, 0.05) is 12.3 Å². The van der Waals surface area contributed by atoms with E-state index in [4.69, 9.17) is 0 Å². The summed E-state index contributed by atoms with van der Waals surface area (Å²) in [6.45, 7) is 2.10. The summed E-state index contributed by atoms with van der Waals surface area (Å²) < 4.78 is 31.0. The summed E-state index contributed by atoms with van der Waals surface area (Å²) in [7, 11) is 0. The van der Waals surface area contributed by atoms with E-state index in [1.54, 1.807) is 6.08 Å². The average Bonchev–Trinajstić information content (AvgIpc) is 2.86. The maximum absolute atomic E-state index is 15.6. The minimum absolute atomic E-state index is 0.0677. The Kier molecular flexibility index (Phi) is 3.35. The van der Waals surface area contributed by atoms with Gasteiger partial charge in [0.05, 0.1) is 11.7 Å². The Morgan fingerprint density at radius 3 is 2.83 bits per heavy atom. The Labute approximate surface area is 136 Å². The van der Waals surface area contributed by atoms with Crippen molar-refractivity contribution >= 4 is 0 Å². The molecule has 0 radical (unpaired) electrons. The van der Waals surface area contributed by atoms with Gasteiger partial charge in [-0.05, 0) is 55.4 Å². The fourth-order valence-corrected chi connectivity index (χ4v) is 5.77. The van der Waals surface area contributed by atoms with Crippen LogP contribution < -0.4 is 0 Å². The number of fused-ring (bicyclic) bond motifs is 4. The van der Waals surface area contributed by atoms with Crippen molar-refractivity contribution in [1.29, 1.82) is 0 Å². The van der Waals surface area contributed by atoms with Crippen LogP contribution in [0.4, 0.5) is 8.78 Å². The molecule has 0 heterocycles.